The Hall–Kier alpha value is -3.74. The molecule has 9 nitrogen and oxygen atoms in total. The summed E-state index contributed by atoms with van der Waals surface area (Å²) in [6, 6.07) is 5.48. The number of rotatable bonds is 4. The fourth-order valence-corrected chi connectivity index (χ4v) is 4.98. The number of thiazole rings is 1. The van der Waals surface area contributed by atoms with Gasteiger partial charge in [0, 0.05) is 6.54 Å². The molecule has 13 heteroatoms. The number of amides is 3. The number of primary amides is 1. The smallest absolute Gasteiger partial charge is 0.443 e. The van der Waals surface area contributed by atoms with Crippen LogP contribution in [-0.2, 0) is 15.8 Å². The Labute approximate surface area is 207 Å². The molecule has 1 saturated heterocycles. The molecule has 1 fully saturated rings. The number of ether oxygens (including phenoxy) is 1. The first-order valence-electron chi connectivity index (χ1n) is 10.9. The first-order valence-corrected chi connectivity index (χ1v) is 11.7. The second-order valence-corrected chi connectivity index (χ2v) is 9.53. The fourth-order valence-electron chi connectivity index (χ4n) is 4.17. The number of anilines is 1. The highest BCUT2D eigenvalue weighted by molar-refractivity contribution is 7.18. The van der Waals surface area contributed by atoms with E-state index in [1.54, 1.807) is 12.1 Å². The van der Waals surface area contributed by atoms with Gasteiger partial charge in [-0.2, -0.15) is 13.2 Å². The lowest BCUT2D eigenvalue weighted by molar-refractivity contribution is -0.146. The third-order valence-electron chi connectivity index (χ3n) is 5.88. The molecule has 1 aromatic carbocycles. The van der Waals surface area contributed by atoms with Crippen LogP contribution in [0.2, 0.25) is 0 Å². The lowest BCUT2D eigenvalue weighted by Crippen LogP contribution is -2.46. The van der Waals surface area contributed by atoms with Crippen molar-refractivity contribution in [2.75, 3.05) is 19.0 Å². The summed E-state index contributed by atoms with van der Waals surface area (Å²) in [4.78, 5) is 46.7. The number of pyridine rings is 1. The van der Waals surface area contributed by atoms with Crippen LogP contribution in [0.3, 0.4) is 0 Å². The summed E-state index contributed by atoms with van der Waals surface area (Å²) in [5.41, 5.74) is 6.10. The Bertz CT molecular complexity index is 1340. The van der Waals surface area contributed by atoms with Gasteiger partial charge in [-0.3, -0.25) is 14.4 Å². The third kappa shape index (κ3) is 5.10. The van der Waals surface area contributed by atoms with Gasteiger partial charge in [-0.05, 0) is 42.5 Å². The summed E-state index contributed by atoms with van der Waals surface area (Å²) < 4.78 is 44.6. The maximum Gasteiger partial charge on any atom is 0.443 e. The summed E-state index contributed by atoms with van der Waals surface area (Å²) in [6.45, 7) is 2.23. The van der Waals surface area contributed by atoms with Crippen molar-refractivity contribution in [2.24, 2.45) is 11.7 Å². The molecule has 190 valence electrons. The Morgan fingerprint density at radius 3 is 2.64 bits per heavy atom. The normalized spacial score (nSPS) is 18.2. The number of nitrogens with one attached hydrogen (secondary N) is 1. The molecule has 36 heavy (non-hydrogen) atoms. The van der Waals surface area contributed by atoms with Gasteiger partial charge in [-0.15, -0.1) is 11.3 Å². The number of aromatic nitrogens is 2. The number of likely N-dealkylation sites (tertiary alicyclic amines) is 1. The van der Waals surface area contributed by atoms with Crippen LogP contribution in [0.5, 0.6) is 5.88 Å². The highest BCUT2D eigenvalue weighted by Crippen LogP contribution is 2.38. The number of methoxy groups -OCH3 is 1. The van der Waals surface area contributed by atoms with E-state index < -0.39 is 34.9 Å². The van der Waals surface area contributed by atoms with Crippen LogP contribution in [0.25, 0.3) is 10.2 Å². The van der Waals surface area contributed by atoms with Crippen LogP contribution < -0.4 is 15.8 Å². The molecule has 3 N–H and O–H groups in total. The second-order valence-electron chi connectivity index (χ2n) is 8.50. The van der Waals surface area contributed by atoms with Gasteiger partial charge in [0.15, 0.2) is 5.01 Å². The molecule has 1 aliphatic heterocycles. The Morgan fingerprint density at radius 2 is 1.97 bits per heavy atom. The SMILES string of the molecule is COc1ncc(NC(=O)C(=O)N2C[C@@H](C)CCC2c2ccc3sc(C(F)(F)F)nc3c2)cc1C(N)=O. The van der Waals surface area contributed by atoms with Crippen LogP contribution in [0.15, 0.2) is 30.5 Å². The topological polar surface area (TPSA) is 128 Å². The standard InChI is InChI=1S/C23H22F3N5O4S/c1-11-3-5-16(12-4-6-17-15(7-12)30-22(36-17)23(24,25)26)31(10-11)21(34)19(33)29-13-8-14(18(27)32)20(35-2)28-9-13/h4,6-9,11,16H,3,5,10H2,1-2H3,(H2,27,32)(H,29,33)/t11-,16?/m0/s1. The van der Waals surface area contributed by atoms with Crippen LogP contribution in [0.4, 0.5) is 18.9 Å². The summed E-state index contributed by atoms with van der Waals surface area (Å²) in [7, 11) is 1.31. The molecule has 0 radical (unpaired) electrons. The van der Waals surface area contributed by atoms with Crippen LogP contribution in [0, 0.1) is 5.92 Å². The Morgan fingerprint density at radius 1 is 1.22 bits per heavy atom. The number of fused-ring (bicyclic) bond motifs is 1. The van der Waals surface area contributed by atoms with Gasteiger partial charge in [-0.25, -0.2) is 9.97 Å². The van der Waals surface area contributed by atoms with E-state index in [4.69, 9.17) is 10.5 Å². The number of halogens is 3. The van der Waals surface area contributed by atoms with Gasteiger partial charge >= 0.3 is 18.0 Å². The van der Waals surface area contributed by atoms with Crippen molar-refractivity contribution >= 4 is 45.0 Å². The molecule has 0 bridgehead atoms. The summed E-state index contributed by atoms with van der Waals surface area (Å²) >= 11 is 0.550. The number of carbonyl (C=O) groups is 3. The monoisotopic (exact) mass is 521 g/mol. The largest absolute Gasteiger partial charge is 0.480 e. The Balaban J connectivity index is 1.59. The van der Waals surface area contributed by atoms with Crippen molar-refractivity contribution < 1.29 is 32.3 Å². The predicted molar refractivity (Wildman–Crippen MR) is 125 cm³/mol. The first kappa shape index (κ1) is 25.4. The minimum absolute atomic E-state index is 0.0251. The summed E-state index contributed by atoms with van der Waals surface area (Å²) in [5.74, 6) is -2.51. The first-order chi connectivity index (χ1) is 17.0. The van der Waals surface area contributed by atoms with Gasteiger partial charge in [0.2, 0.25) is 5.88 Å². The van der Waals surface area contributed by atoms with E-state index in [0.717, 1.165) is 6.42 Å². The molecular weight excluding hydrogens is 499 g/mol. The lowest BCUT2D eigenvalue weighted by atomic mass is 9.89. The molecule has 2 aromatic heterocycles. The van der Waals surface area contributed by atoms with E-state index in [1.807, 2.05) is 6.92 Å². The third-order valence-corrected chi connectivity index (χ3v) is 6.96. The van der Waals surface area contributed by atoms with Gasteiger partial charge in [0.25, 0.3) is 5.91 Å². The molecule has 0 aliphatic carbocycles. The molecule has 4 rings (SSSR count). The quantitative estimate of drug-likeness (QED) is 0.504. The Kier molecular flexibility index (Phi) is 6.85. The molecule has 1 unspecified atom stereocenters. The van der Waals surface area contributed by atoms with E-state index >= 15 is 0 Å². The molecule has 3 aromatic rings. The number of nitrogens with two attached hydrogens (primary N) is 1. The average molecular weight is 522 g/mol. The van der Waals surface area contributed by atoms with Gasteiger partial charge in [-0.1, -0.05) is 13.0 Å². The number of piperidine rings is 1. The van der Waals surface area contributed by atoms with Crippen molar-refractivity contribution in [3.05, 3.63) is 46.6 Å². The van der Waals surface area contributed by atoms with Gasteiger partial charge < -0.3 is 20.7 Å². The molecular formula is C23H22F3N5O4S. The van der Waals surface area contributed by atoms with Crippen molar-refractivity contribution in [1.82, 2.24) is 14.9 Å². The molecule has 0 saturated carbocycles. The number of alkyl halides is 3. The van der Waals surface area contributed by atoms with E-state index in [1.165, 1.54) is 30.3 Å². The van der Waals surface area contributed by atoms with Crippen molar-refractivity contribution in [3.63, 3.8) is 0 Å². The minimum atomic E-state index is -4.55. The highest BCUT2D eigenvalue weighted by atomic mass is 32.1. The van der Waals surface area contributed by atoms with E-state index in [9.17, 15) is 27.6 Å². The molecule has 3 heterocycles. The van der Waals surface area contributed by atoms with Gasteiger partial charge in [0.05, 0.1) is 35.3 Å². The fraction of sp³-hybridized carbons (Fsp3) is 0.348. The van der Waals surface area contributed by atoms with Crippen molar-refractivity contribution in [1.29, 1.82) is 0 Å². The van der Waals surface area contributed by atoms with E-state index in [-0.39, 0.29) is 35.1 Å². The zero-order valence-electron chi connectivity index (χ0n) is 19.3. The van der Waals surface area contributed by atoms with Gasteiger partial charge in [0.1, 0.15) is 5.56 Å². The van der Waals surface area contributed by atoms with Crippen LogP contribution >= 0.6 is 11.3 Å². The zero-order valence-corrected chi connectivity index (χ0v) is 20.1. The predicted octanol–water partition coefficient (Wildman–Crippen LogP) is 3.76. The molecule has 1 aliphatic rings. The number of hydrogen-bond donors (Lipinski definition) is 2. The van der Waals surface area contributed by atoms with Crippen LogP contribution in [-0.4, -0.2) is 46.2 Å². The van der Waals surface area contributed by atoms with Crippen molar-refractivity contribution in [3.8, 4) is 5.88 Å². The molecule has 3 amide bonds. The summed E-state index contributed by atoms with van der Waals surface area (Å²) in [6.07, 6.45) is -2.03. The maximum absolute atomic E-state index is 13.2. The zero-order chi connectivity index (χ0) is 26.2. The van der Waals surface area contributed by atoms with E-state index in [2.05, 4.69) is 15.3 Å². The van der Waals surface area contributed by atoms with E-state index in [0.29, 0.717) is 28.0 Å². The van der Waals surface area contributed by atoms with Crippen LogP contribution in [0.1, 0.15) is 46.7 Å². The lowest BCUT2D eigenvalue weighted by Gasteiger charge is -2.38. The molecule has 0 spiro atoms. The second kappa shape index (κ2) is 9.72. The number of carbonyl (C=O) groups excluding carboxylic acids is 3. The molecule has 2 atom stereocenters. The summed E-state index contributed by atoms with van der Waals surface area (Å²) in [5, 5.41) is 1.49. The van der Waals surface area contributed by atoms with Crippen molar-refractivity contribution in [2.45, 2.75) is 32.0 Å². The maximum atomic E-state index is 13.2. The average Bonchev–Trinajstić information content (AvgIpc) is 3.27. The highest BCUT2D eigenvalue weighted by Gasteiger charge is 2.36. The number of nitrogens with zero attached hydrogens (tertiary/aromatic N) is 3. The number of hydrogen-bond acceptors (Lipinski definition) is 7. The minimum Gasteiger partial charge on any atom is -0.480 e. The number of benzene rings is 1.